The summed E-state index contributed by atoms with van der Waals surface area (Å²) in [5, 5.41) is 5.84. The second-order valence-electron chi connectivity index (χ2n) is 17.8. The van der Waals surface area contributed by atoms with Crippen LogP contribution in [0, 0.1) is 13.8 Å². The smallest absolute Gasteiger partial charge is 0.145 e. The summed E-state index contributed by atoms with van der Waals surface area (Å²) in [7, 11) is 0. The minimum absolute atomic E-state index is 0.00437. The van der Waals surface area contributed by atoms with E-state index in [-0.39, 0.29) is 10.8 Å². The lowest BCUT2D eigenvalue weighted by atomic mass is 9.81. The largest absolute Gasteiger partial charge is 0.455 e. The van der Waals surface area contributed by atoms with Crippen LogP contribution in [-0.4, -0.2) is 9.97 Å². The van der Waals surface area contributed by atoms with Crippen molar-refractivity contribution in [2.75, 3.05) is 10.2 Å². The van der Waals surface area contributed by atoms with Crippen LogP contribution in [0.1, 0.15) is 62.4 Å². The highest BCUT2D eigenvalue weighted by Crippen LogP contribution is 2.57. The first kappa shape index (κ1) is 37.3. The van der Waals surface area contributed by atoms with Gasteiger partial charge in [-0.3, -0.25) is 4.90 Å². The Morgan fingerprint density at radius 2 is 1.25 bits per heavy atom. The average Bonchev–Trinajstić information content (AvgIpc) is 3.75. The summed E-state index contributed by atoms with van der Waals surface area (Å²) in [5.41, 5.74) is 17.0. The van der Waals surface area contributed by atoms with Crippen molar-refractivity contribution in [1.29, 1.82) is 0 Å². The Morgan fingerprint density at radius 1 is 0.617 bits per heavy atom. The lowest BCUT2D eigenvalue weighted by Crippen LogP contribution is -2.18. The third-order valence-electron chi connectivity index (χ3n) is 12.2. The zero-order valence-corrected chi connectivity index (χ0v) is 35.3. The van der Waals surface area contributed by atoms with Gasteiger partial charge in [-0.15, -0.1) is 0 Å². The van der Waals surface area contributed by atoms with E-state index in [4.69, 9.17) is 14.4 Å². The minimum Gasteiger partial charge on any atom is -0.455 e. The van der Waals surface area contributed by atoms with Crippen LogP contribution in [0.15, 0.2) is 162 Å². The molecule has 0 fully saturated rings. The number of nitrogens with zero attached hydrogens (tertiary/aromatic N) is 3. The molecule has 10 rings (SSSR count). The molecule has 60 heavy (non-hydrogen) atoms. The number of fused-ring (bicyclic) bond motifs is 7. The number of rotatable bonds is 7. The van der Waals surface area contributed by atoms with Gasteiger partial charge < -0.3 is 9.73 Å². The summed E-state index contributed by atoms with van der Waals surface area (Å²) in [6.07, 6.45) is 3.91. The second kappa shape index (κ2) is 14.1. The van der Waals surface area contributed by atoms with Crippen LogP contribution >= 0.6 is 0 Å². The number of aryl methyl sites for hydroxylation is 2. The van der Waals surface area contributed by atoms with Gasteiger partial charge in [0.05, 0.1) is 11.1 Å². The first-order chi connectivity index (χ1) is 29.0. The average molecular weight is 781 g/mol. The molecule has 3 aromatic heterocycles. The maximum absolute atomic E-state index is 7.03. The van der Waals surface area contributed by atoms with E-state index in [1.807, 2.05) is 18.5 Å². The third-order valence-corrected chi connectivity index (χ3v) is 12.2. The fourth-order valence-electron chi connectivity index (χ4n) is 9.02. The number of nitrogens with one attached hydrogen (secondary N) is 1. The lowest BCUT2D eigenvalue weighted by molar-refractivity contribution is 0.590. The topological polar surface area (TPSA) is 54.2 Å². The number of pyridine rings is 2. The van der Waals surface area contributed by atoms with Crippen molar-refractivity contribution in [3.63, 3.8) is 0 Å². The maximum atomic E-state index is 7.03. The second-order valence-corrected chi connectivity index (χ2v) is 17.8. The highest BCUT2D eigenvalue weighted by atomic mass is 16.3. The number of anilines is 5. The molecule has 3 heterocycles. The Labute approximate surface area is 352 Å². The van der Waals surface area contributed by atoms with Crippen LogP contribution in [0.2, 0.25) is 0 Å². The van der Waals surface area contributed by atoms with Gasteiger partial charge in [0.2, 0.25) is 0 Å². The zero-order chi connectivity index (χ0) is 41.3. The van der Waals surface area contributed by atoms with Gasteiger partial charge in [0.25, 0.3) is 0 Å². The zero-order valence-electron chi connectivity index (χ0n) is 35.3. The number of para-hydroxylation sites is 1. The van der Waals surface area contributed by atoms with E-state index in [1.54, 1.807) is 0 Å². The Bertz CT molecular complexity index is 3080. The first-order valence-corrected chi connectivity index (χ1v) is 20.8. The lowest BCUT2D eigenvalue weighted by Gasteiger charge is -2.30. The highest BCUT2D eigenvalue weighted by Gasteiger charge is 2.40. The van der Waals surface area contributed by atoms with Gasteiger partial charge in [0.1, 0.15) is 22.8 Å². The van der Waals surface area contributed by atoms with Crippen molar-refractivity contribution in [3.05, 3.63) is 186 Å². The monoisotopic (exact) mass is 780 g/mol. The van der Waals surface area contributed by atoms with Gasteiger partial charge in [-0.1, -0.05) is 132 Å². The van der Waals surface area contributed by atoms with Crippen LogP contribution in [0.4, 0.5) is 28.7 Å². The molecule has 5 nitrogen and oxygen atoms in total. The SMILES string of the molecule is Cc1cnc(Nc2ccc3c(c2)C(C)(C)c2cc(N(c4ccc(C(C)(C)C)cc4)c4ncc(C)cc4-c4ccccc4)c4c(oc5ccccc54)c2-3)c(-c2ccccc2)c1. The highest BCUT2D eigenvalue weighted by molar-refractivity contribution is 6.19. The Morgan fingerprint density at radius 3 is 1.95 bits per heavy atom. The number of hydrogen-bond acceptors (Lipinski definition) is 5. The molecule has 0 bridgehead atoms. The summed E-state index contributed by atoms with van der Waals surface area (Å²) in [6.45, 7) is 15.7. The van der Waals surface area contributed by atoms with E-state index in [0.29, 0.717) is 0 Å². The van der Waals surface area contributed by atoms with Gasteiger partial charge in [0.15, 0.2) is 0 Å². The van der Waals surface area contributed by atoms with Crippen LogP contribution in [-0.2, 0) is 10.8 Å². The molecule has 6 aromatic carbocycles. The van der Waals surface area contributed by atoms with Crippen LogP contribution in [0.25, 0.3) is 55.3 Å². The summed E-state index contributed by atoms with van der Waals surface area (Å²) in [5.74, 6) is 1.69. The number of benzene rings is 6. The molecule has 1 N–H and O–H groups in total. The van der Waals surface area contributed by atoms with Crippen molar-refractivity contribution in [2.24, 2.45) is 0 Å². The summed E-state index contributed by atoms with van der Waals surface area (Å²) < 4.78 is 7.03. The molecule has 0 saturated heterocycles. The molecule has 0 atom stereocenters. The predicted octanol–water partition coefficient (Wildman–Crippen LogP) is 15.1. The van der Waals surface area contributed by atoms with Gasteiger partial charge in [-0.05, 0) is 112 Å². The summed E-state index contributed by atoms with van der Waals surface area (Å²) >= 11 is 0. The molecule has 1 aliphatic rings. The van der Waals surface area contributed by atoms with Crippen LogP contribution in [0.3, 0.4) is 0 Å². The standard InChI is InChI=1S/C55H48N4O/c1-34-28-43(36-16-10-8-11-17-36)52(56-32-34)58-39-24-27-41-45(30-39)55(6,7)46-31-47(50-42-20-14-15-21-48(42)60-51(50)49(41)46)59(40-25-22-38(23-26-40)54(3,4)5)53-44(29-35(2)33-57-53)37-18-12-9-13-19-37/h8-33H,1-7H3,(H,56,58). The number of hydrogen-bond donors (Lipinski definition) is 1. The van der Waals surface area contributed by atoms with Crippen LogP contribution < -0.4 is 10.2 Å². The Balaban J connectivity index is 1.20. The van der Waals surface area contributed by atoms with E-state index in [9.17, 15) is 0 Å². The molecule has 9 aromatic rings. The van der Waals surface area contributed by atoms with Crippen molar-refractivity contribution in [3.8, 4) is 33.4 Å². The molecule has 0 radical (unpaired) electrons. The summed E-state index contributed by atoms with van der Waals surface area (Å²) in [6, 6.07) is 52.1. The van der Waals surface area contributed by atoms with E-state index < -0.39 is 0 Å². The fraction of sp³-hybridized carbons (Fsp3) is 0.164. The van der Waals surface area contributed by atoms with Gasteiger partial charge in [0, 0.05) is 51.3 Å². The molecular weight excluding hydrogens is 733 g/mol. The van der Waals surface area contributed by atoms with Gasteiger partial charge in [-0.2, -0.15) is 0 Å². The molecule has 0 aliphatic heterocycles. The summed E-state index contributed by atoms with van der Waals surface area (Å²) in [4.78, 5) is 12.5. The van der Waals surface area contributed by atoms with Gasteiger partial charge in [-0.25, -0.2) is 9.97 Å². The third kappa shape index (κ3) is 6.24. The van der Waals surface area contributed by atoms with Crippen molar-refractivity contribution < 1.29 is 4.42 Å². The molecule has 0 amide bonds. The normalized spacial score (nSPS) is 13.1. The Kier molecular flexibility index (Phi) is 8.76. The minimum atomic E-state index is -0.377. The molecule has 0 spiro atoms. The predicted molar refractivity (Wildman–Crippen MR) is 250 cm³/mol. The number of aromatic nitrogens is 2. The van der Waals surface area contributed by atoms with E-state index in [0.717, 1.165) is 89.6 Å². The van der Waals surface area contributed by atoms with Crippen molar-refractivity contribution in [2.45, 2.75) is 59.3 Å². The maximum Gasteiger partial charge on any atom is 0.145 e. The van der Waals surface area contributed by atoms with Crippen LogP contribution in [0.5, 0.6) is 0 Å². The van der Waals surface area contributed by atoms with E-state index in [2.05, 4.69) is 198 Å². The first-order valence-electron chi connectivity index (χ1n) is 20.8. The van der Waals surface area contributed by atoms with Gasteiger partial charge >= 0.3 is 0 Å². The molecular formula is C55H48N4O. The van der Waals surface area contributed by atoms with Crippen molar-refractivity contribution in [1.82, 2.24) is 9.97 Å². The fourth-order valence-corrected chi connectivity index (χ4v) is 9.02. The molecule has 294 valence electrons. The molecule has 0 saturated carbocycles. The molecule has 1 aliphatic carbocycles. The van der Waals surface area contributed by atoms with E-state index >= 15 is 0 Å². The molecule has 0 unspecified atom stereocenters. The molecule has 5 heteroatoms. The quantitative estimate of drug-likeness (QED) is 0.175. The number of furan rings is 1. The Hall–Kier alpha value is -6.98. The van der Waals surface area contributed by atoms with Crippen molar-refractivity contribution >= 4 is 50.6 Å². The van der Waals surface area contributed by atoms with E-state index in [1.165, 1.54) is 22.3 Å².